The molecule has 1 heterocycles. The predicted molar refractivity (Wildman–Crippen MR) is 56.6 cm³/mol. The number of aromatic nitrogens is 1. The van der Waals surface area contributed by atoms with Gasteiger partial charge in [0.2, 0.25) is 0 Å². The molecule has 0 aliphatic rings. The Balaban J connectivity index is 2.50. The van der Waals surface area contributed by atoms with Crippen LogP contribution in [0.5, 0.6) is 0 Å². The quantitative estimate of drug-likeness (QED) is 0.323. The first kappa shape index (κ1) is 10.8. The minimum atomic E-state index is 0.404. The molecular weight excluding hydrogens is 190 g/mol. The molecule has 0 unspecified atom stereocenters. The molecule has 0 saturated heterocycles. The van der Waals surface area contributed by atoms with Crippen LogP contribution in [-0.4, -0.2) is 11.5 Å². The van der Waals surface area contributed by atoms with Crippen molar-refractivity contribution in [1.29, 1.82) is 5.26 Å². The molecule has 5 heteroatoms. The molecule has 1 aromatic heterocycles. The Kier molecular flexibility index (Phi) is 4.44. The van der Waals surface area contributed by atoms with E-state index in [1.54, 1.807) is 12.3 Å². The van der Waals surface area contributed by atoms with Crippen molar-refractivity contribution in [3.8, 4) is 6.07 Å². The van der Waals surface area contributed by atoms with Crippen LogP contribution in [-0.2, 0) is 0 Å². The Bertz CT molecular complexity index is 420. The minimum Gasteiger partial charge on any atom is -0.245 e. The zero-order valence-corrected chi connectivity index (χ0v) is 8.04. The summed E-state index contributed by atoms with van der Waals surface area (Å²) in [6.07, 6.45) is 6.10. The molecule has 5 nitrogen and oxygen atoms in total. The van der Waals surface area contributed by atoms with Crippen molar-refractivity contribution in [3.63, 3.8) is 0 Å². The second-order valence-corrected chi connectivity index (χ2v) is 2.73. The summed E-state index contributed by atoms with van der Waals surface area (Å²) >= 11 is 0. The Morgan fingerprint density at radius 2 is 2.47 bits per heavy atom. The number of hydrogen-bond acceptors (Lipinski definition) is 3. The first-order valence-electron chi connectivity index (χ1n) is 4.40. The van der Waals surface area contributed by atoms with Gasteiger partial charge in [-0.1, -0.05) is 23.3 Å². The van der Waals surface area contributed by atoms with E-state index in [-0.39, 0.29) is 0 Å². The normalized spacial score (nSPS) is 9.53. The zero-order chi connectivity index (χ0) is 10.9. The van der Waals surface area contributed by atoms with Crippen LogP contribution >= 0.6 is 0 Å². The molecule has 1 aromatic rings. The van der Waals surface area contributed by atoms with E-state index in [9.17, 15) is 0 Å². The lowest BCUT2D eigenvalue weighted by Gasteiger charge is -1.91. The molecule has 0 bridgehead atoms. The van der Waals surface area contributed by atoms with Gasteiger partial charge in [-0.2, -0.15) is 5.26 Å². The number of hydrogen-bond donors (Lipinski definition) is 0. The molecule has 0 amide bonds. The van der Waals surface area contributed by atoms with Crippen molar-refractivity contribution in [3.05, 3.63) is 46.1 Å². The van der Waals surface area contributed by atoms with Gasteiger partial charge in [0.15, 0.2) is 0 Å². The molecule has 0 fully saturated rings. The number of nitriles is 1. The Morgan fingerprint density at radius 3 is 3.07 bits per heavy atom. The van der Waals surface area contributed by atoms with E-state index in [1.165, 1.54) is 0 Å². The molecule has 0 saturated carbocycles. The van der Waals surface area contributed by atoms with E-state index in [1.807, 2.05) is 24.3 Å². The van der Waals surface area contributed by atoms with Crippen LogP contribution < -0.4 is 0 Å². The summed E-state index contributed by atoms with van der Waals surface area (Å²) in [7, 11) is 0. The van der Waals surface area contributed by atoms with Gasteiger partial charge in [-0.3, -0.25) is 0 Å². The lowest BCUT2D eigenvalue weighted by molar-refractivity contribution is 0.995. The second-order valence-electron chi connectivity index (χ2n) is 2.73. The van der Waals surface area contributed by atoms with Gasteiger partial charge in [0.05, 0.1) is 0 Å². The average molecular weight is 199 g/mol. The van der Waals surface area contributed by atoms with Crippen molar-refractivity contribution >= 4 is 6.08 Å². The largest absolute Gasteiger partial charge is 0.245 e. The lowest BCUT2D eigenvalue weighted by atomic mass is 10.2. The second kappa shape index (κ2) is 6.19. The number of rotatable bonds is 4. The van der Waals surface area contributed by atoms with Gasteiger partial charge in [-0.05, 0) is 23.6 Å². The third kappa shape index (κ3) is 3.94. The van der Waals surface area contributed by atoms with Gasteiger partial charge in [-0.25, -0.2) is 4.98 Å². The topological polar surface area (TPSA) is 85.4 Å². The third-order valence-electron chi connectivity index (χ3n) is 1.67. The smallest absolute Gasteiger partial charge is 0.140 e. The Morgan fingerprint density at radius 1 is 1.60 bits per heavy atom. The van der Waals surface area contributed by atoms with Crippen molar-refractivity contribution in [1.82, 2.24) is 4.98 Å². The summed E-state index contributed by atoms with van der Waals surface area (Å²) in [4.78, 5) is 6.56. The highest BCUT2D eigenvalue weighted by Crippen LogP contribution is 2.02. The van der Waals surface area contributed by atoms with E-state index in [0.717, 1.165) is 5.56 Å². The fraction of sp³-hybridized carbons (Fsp3) is 0.200. The van der Waals surface area contributed by atoms with Crippen LogP contribution in [0.4, 0.5) is 0 Å². The monoisotopic (exact) mass is 199 g/mol. The maximum absolute atomic E-state index is 8.52. The molecule has 74 valence electrons. The van der Waals surface area contributed by atoms with Crippen LogP contribution in [0.1, 0.15) is 17.7 Å². The van der Waals surface area contributed by atoms with Gasteiger partial charge >= 0.3 is 0 Å². The molecule has 0 N–H and O–H groups in total. The van der Waals surface area contributed by atoms with Gasteiger partial charge in [0, 0.05) is 17.7 Å². The molecule has 0 aromatic carbocycles. The summed E-state index contributed by atoms with van der Waals surface area (Å²) in [5, 5.41) is 11.9. The lowest BCUT2D eigenvalue weighted by Crippen LogP contribution is -1.81. The molecule has 0 aliphatic heterocycles. The molecule has 0 aliphatic carbocycles. The Labute approximate surface area is 87.3 Å². The summed E-state index contributed by atoms with van der Waals surface area (Å²) in [5.41, 5.74) is 9.36. The zero-order valence-electron chi connectivity index (χ0n) is 8.04. The summed E-state index contributed by atoms with van der Waals surface area (Å²) in [6, 6.07) is 5.42. The molecule has 0 radical (unpaired) electrons. The van der Waals surface area contributed by atoms with Crippen molar-refractivity contribution < 1.29 is 0 Å². The van der Waals surface area contributed by atoms with Crippen LogP contribution in [0.3, 0.4) is 0 Å². The van der Waals surface area contributed by atoms with Gasteiger partial charge in [0.1, 0.15) is 11.8 Å². The first-order valence-corrected chi connectivity index (χ1v) is 4.40. The van der Waals surface area contributed by atoms with Crippen molar-refractivity contribution in [2.45, 2.75) is 6.42 Å². The average Bonchev–Trinajstić information content (AvgIpc) is 2.30. The maximum Gasteiger partial charge on any atom is 0.140 e. The first-order chi connectivity index (χ1) is 7.36. The molecule has 0 atom stereocenters. The van der Waals surface area contributed by atoms with E-state index in [0.29, 0.717) is 18.7 Å². The van der Waals surface area contributed by atoms with Gasteiger partial charge < -0.3 is 0 Å². The summed E-state index contributed by atoms with van der Waals surface area (Å²) in [5.74, 6) is 0. The predicted octanol–water partition coefficient (Wildman–Crippen LogP) is 2.67. The third-order valence-corrected chi connectivity index (χ3v) is 1.67. The van der Waals surface area contributed by atoms with E-state index in [2.05, 4.69) is 15.0 Å². The molecule has 1 rings (SSSR count). The summed E-state index contributed by atoms with van der Waals surface area (Å²) < 4.78 is 0. The number of pyridine rings is 1. The minimum absolute atomic E-state index is 0.404. The highest BCUT2D eigenvalue weighted by molar-refractivity contribution is 5.48. The van der Waals surface area contributed by atoms with Crippen LogP contribution in [0.25, 0.3) is 16.5 Å². The van der Waals surface area contributed by atoms with E-state index in [4.69, 9.17) is 10.8 Å². The standard InChI is InChI=1S/C10H9N5/c11-7-10-5-4-9(8-13-10)3-1-2-6-14-15-12/h1,3-5,8H,2,6H2. The van der Waals surface area contributed by atoms with Gasteiger partial charge in [-0.15, -0.1) is 0 Å². The fourth-order valence-corrected chi connectivity index (χ4v) is 0.966. The Hall–Kier alpha value is -2.31. The molecule has 0 spiro atoms. The highest BCUT2D eigenvalue weighted by Gasteiger charge is 1.90. The highest BCUT2D eigenvalue weighted by atomic mass is 15.1. The number of azide groups is 1. The maximum atomic E-state index is 8.52. The van der Waals surface area contributed by atoms with Crippen molar-refractivity contribution in [2.24, 2.45) is 5.11 Å². The fourth-order valence-electron chi connectivity index (χ4n) is 0.966. The van der Waals surface area contributed by atoms with Crippen molar-refractivity contribution in [2.75, 3.05) is 6.54 Å². The van der Waals surface area contributed by atoms with Crippen LogP contribution in [0.15, 0.2) is 29.5 Å². The van der Waals surface area contributed by atoms with Crippen LogP contribution in [0.2, 0.25) is 0 Å². The summed E-state index contributed by atoms with van der Waals surface area (Å²) in [6.45, 7) is 0.455. The van der Waals surface area contributed by atoms with E-state index >= 15 is 0 Å². The molecule has 15 heavy (non-hydrogen) atoms. The SMILES string of the molecule is N#Cc1ccc(C=CCCN=[N+]=[N-])cn1. The van der Waals surface area contributed by atoms with Crippen LogP contribution in [0, 0.1) is 11.3 Å². The number of nitrogens with zero attached hydrogens (tertiary/aromatic N) is 5. The van der Waals surface area contributed by atoms with E-state index < -0.39 is 0 Å². The molecular formula is C10H9N5. The van der Waals surface area contributed by atoms with Gasteiger partial charge in [0.25, 0.3) is 0 Å².